The summed E-state index contributed by atoms with van der Waals surface area (Å²) in [4.78, 5) is 19.2. The van der Waals surface area contributed by atoms with Crippen molar-refractivity contribution in [3.8, 4) is 5.75 Å². The molecular formula is C27H31ClN8O. The van der Waals surface area contributed by atoms with Gasteiger partial charge in [0, 0.05) is 59.6 Å². The minimum Gasteiger partial charge on any atom is -0.489 e. The van der Waals surface area contributed by atoms with Crippen LogP contribution in [-0.2, 0) is 0 Å². The first-order chi connectivity index (χ1) is 17.8. The second-order valence-electron chi connectivity index (χ2n) is 8.99. The molecule has 9 nitrogen and oxygen atoms in total. The van der Waals surface area contributed by atoms with Crippen molar-refractivity contribution in [3.05, 3.63) is 65.4 Å². The molecule has 0 fully saturated rings. The summed E-state index contributed by atoms with van der Waals surface area (Å²) in [6.45, 7) is 9.60. The minimum absolute atomic E-state index is 0.283. The van der Waals surface area contributed by atoms with Gasteiger partial charge in [-0.15, -0.1) is 0 Å². The third-order valence-electron chi connectivity index (χ3n) is 5.79. The predicted molar refractivity (Wildman–Crippen MR) is 154 cm³/mol. The molecule has 0 aliphatic carbocycles. The van der Waals surface area contributed by atoms with Gasteiger partial charge in [-0.1, -0.05) is 11.6 Å². The zero-order chi connectivity index (χ0) is 26.5. The number of pyridine rings is 1. The van der Waals surface area contributed by atoms with E-state index < -0.39 is 0 Å². The maximum Gasteiger partial charge on any atom is 0.151 e. The van der Waals surface area contributed by atoms with E-state index in [1.54, 1.807) is 12.4 Å². The molecule has 0 radical (unpaired) electrons. The van der Waals surface area contributed by atoms with Crippen LogP contribution in [0.25, 0.3) is 27.6 Å². The molecule has 0 aliphatic heterocycles. The molecule has 3 aromatic heterocycles. The van der Waals surface area contributed by atoms with Crippen LogP contribution in [0.3, 0.4) is 0 Å². The van der Waals surface area contributed by atoms with Gasteiger partial charge in [0.05, 0.1) is 15.9 Å². The Balaban J connectivity index is 1.55. The highest BCUT2D eigenvalue weighted by Crippen LogP contribution is 2.30. The van der Waals surface area contributed by atoms with Crippen molar-refractivity contribution in [1.29, 1.82) is 0 Å². The van der Waals surface area contributed by atoms with Crippen LogP contribution in [0, 0.1) is 6.92 Å². The molecule has 192 valence electrons. The molecule has 37 heavy (non-hydrogen) atoms. The Morgan fingerprint density at radius 1 is 1.30 bits per heavy atom. The average Bonchev–Trinajstić information content (AvgIpc) is 3.19. The summed E-state index contributed by atoms with van der Waals surface area (Å²) in [6, 6.07) is 8.00. The van der Waals surface area contributed by atoms with Crippen molar-refractivity contribution >= 4 is 57.5 Å². The Labute approximate surface area is 221 Å². The molecule has 0 atom stereocenters. The Kier molecular flexibility index (Phi) is 8.05. The van der Waals surface area contributed by atoms with Gasteiger partial charge in [0.25, 0.3) is 0 Å². The Morgan fingerprint density at radius 3 is 2.86 bits per heavy atom. The second-order valence-corrected chi connectivity index (χ2v) is 9.39. The number of rotatable bonds is 10. The summed E-state index contributed by atoms with van der Waals surface area (Å²) in [5.41, 5.74) is 11.2. The number of benzene rings is 1. The Morgan fingerprint density at radius 2 is 2.11 bits per heavy atom. The van der Waals surface area contributed by atoms with Gasteiger partial charge < -0.3 is 25.3 Å². The molecule has 0 aliphatic rings. The molecule has 3 N–H and O–H groups in total. The lowest BCUT2D eigenvalue weighted by Gasteiger charge is -2.14. The maximum absolute atomic E-state index is 6.39. The van der Waals surface area contributed by atoms with Crippen LogP contribution in [0.4, 0.5) is 11.5 Å². The van der Waals surface area contributed by atoms with Gasteiger partial charge in [-0.3, -0.25) is 9.98 Å². The third kappa shape index (κ3) is 6.07. The summed E-state index contributed by atoms with van der Waals surface area (Å²) in [7, 11) is 4.12. The highest BCUT2D eigenvalue weighted by molar-refractivity contribution is 6.36. The number of nitrogens with two attached hydrogens (primary N) is 1. The number of hydrogen-bond donors (Lipinski definition) is 2. The lowest BCUT2D eigenvalue weighted by atomic mass is 10.1. The summed E-state index contributed by atoms with van der Waals surface area (Å²) < 4.78 is 7.98. The van der Waals surface area contributed by atoms with Crippen molar-refractivity contribution in [2.24, 2.45) is 4.99 Å². The zero-order valence-corrected chi connectivity index (χ0v) is 22.3. The van der Waals surface area contributed by atoms with Gasteiger partial charge in [-0.2, -0.15) is 0 Å². The van der Waals surface area contributed by atoms with E-state index in [4.69, 9.17) is 27.1 Å². The third-order valence-corrected chi connectivity index (χ3v) is 6.07. The first-order valence-corrected chi connectivity index (χ1v) is 12.2. The van der Waals surface area contributed by atoms with E-state index in [2.05, 4.69) is 52.1 Å². The van der Waals surface area contributed by atoms with Crippen LogP contribution in [0.5, 0.6) is 5.75 Å². The molecule has 0 amide bonds. The fourth-order valence-electron chi connectivity index (χ4n) is 4.04. The number of fused-ring (bicyclic) bond motifs is 2. The number of nitrogen functional groups attached to an aromatic ring is 1. The highest BCUT2D eigenvalue weighted by atomic mass is 35.5. The van der Waals surface area contributed by atoms with Crippen molar-refractivity contribution < 1.29 is 4.74 Å². The van der Waals surface area contributed by atoms with E-state index in [1.807, 2.05) is 42.7 Å². The van der Waals surface area contributed by atoms with Crippen molar-refractivity contribution in [1.82, 2.24) is 24.4 Å². The minimum atomic E-state index is 0.283. The molecular weight excluding hydrogens is 488 g/mol. The quantitative estimate of drug-likeness (QED) is 0.224. The van der Waals surface area contributed by atoms with E-state index >= 15 is 0 Å². The van der Waals surface area contributed by atoms with Gasteiger partial charge in [0.15, 0.2) is 5.65 Å². The van der Waals surface area contributed by atoms with Crippen molar-refractivity contribution in [2.75, 3.05) is 44.8 Å². The van der Waals surface area contributed by atoms with Gasteiger partial charge in [0.2, 0.25) is 0 Å². The summed E-state index contributed by atoms with van der Waals surface area (Å²) >= 11 is 6.39. The van der Waals surface area contributed by atoms with E-state index in [9.17, 15) is 0 Å². The molecule has 0 saturated carbocycles. The smallest absolute Gasteiger partial charge is 0.151 e. The first kappa shape index (κ1) is 26.1. The average molecular weight is 519 g/mol. The number of allylic oxidation sites excluding steroid dienone is 1. The van der Waals surface area contributed by atoms with Crippen molar-refractivity contribution in [3.63, 3.8) is 0 Å². The SMILES string of the molecule is C=N/C=C(\C=C(/C)n1cc(Cl)c2c(N)ncnc21)COc1ccc2c(NCCN(C)C)cc(C)nc2c1. The number of aryl methyl sites for hydroxylation is 1. The zero-order valence-electron chi connectivity index (χ0n) is 21.5. The number of anilines is 2. The number of hydrogen-bond acceptors (Lipinski definition) is 8. The van der Waals surface area contributed by atoms with Crippen LogP contribution in [0.1, 0.15) is 12.6 Å². The lowest BCUT2D eigenvalue weighted by molar-refractivity contribution is 0.356. The molecule has 4 rings (SSSR count). The predicted octanol–water partition coefficient (Wildman–Crippen LogP) is 5.02. The maximum atomic E-state index is 6.39. The number of nitrogens with zero attached hydrogens (tertiary/aromatic N) is 6. The number of likely N-dealkylation sites (N-methyl/N-ethyl adjacent to an activating group) is 1. The van der Waals surface area contributed by atoms with Gasteiger partial charge in [-0.05, 0) is 58.9 Å². The Hall–Kier alpha value is -3.95. The van der Waals surface area contributed by atoms with E-state index in [0.717, 1.165) is 46.6 Å². The van der Waals surface area contributed by atoms with E-state index in [1.165, 1.54) is 6.33 Å². The van der Waals surface area contributed by atoms with Crippen molar-refractivity contribution in [2.45, 2.75) is 13.8 Å². The number of nitrogens with one attached hydrogen (secondary N) is 1. The largest absolute Gasteiger partial charge is 0.489 e. The molecule has 0 bridgehead atoms. The molecule has 0 unspecified atom stereocenters. The fraction of sp³-hybridized carbons (Fsp3) is 0.259. The summed E-state index contributed by atoms with van der Waals surface area (Å²) in [6.07, 6.45) is 6.79. The second kappa shape index (κ2) is 11.4. The van der Waals surface area contributed by atoms with E-state index in [-0.39, 0.29) is 6.61 Å². The number of aliphatic imine (C=N–C) groups is 1. The summed E-state index contributed by atoms with van der Waals surface area (Å²) in [5, 5.41) is 5.67. The van der Waals surface area contributed by atoms with Gasteiger partial charge in [0.1, 0.15) is 24.5 Å². The number of halogens is 1. The molecule has 0 spiro atoms. The van der Waals surface area contributed by atoms with Crippen LogP contribution < -0.4 is 15.8 Å². The molecule has 0 saturated heterocycles. The topological polar surface area (TPSA) is 106 Å². The fourth-order valence-corrected chi connectivity index (χ4v) is 4.32. The molecule has 10 heteroatoms. The van der Waals surface area contributed by atoms with Gasteiger partial charge in [-0.25, -0.2) is 9.97 Å². The standard InChI is InChI=1S/C27H31ClN8O/c1-17-10-23(31-8-9-35(4)5)21-7-6-20(12-24(21)34-17)37-15-19(13-30-3)11-18(2)36-14-22(28)25-26(29)32-16-33-27(25)36/h6-7,10-14,16H,3,8-9,15H2,1-2,4-5H3,(H,31,34)(H2,29,32,33)/b18-11+,19-13+. The van der Waals surface area contributed by atoms with Gasteiger partial charge >= 0.3 is 0 Å². The molecule has 1 aromatic carbocycles. The Bertz CT molecular complexity index is 1510. The van der Waals surface area contributed by atoms with Crippen LogP contribution in [0.2, 0.25) is 5.02 Å². The first-order valence-electron chi connectivity index (χ1n) is 11.8. The highest BCUT2D eigenvalue weighted by Gasteiger charge is 2.13. The number of aromatic nitrogens is 4. The number of ether oxygens (including phenoxy) is 1. The normalized spacial score (nSPS) is 12.5. The lowest BCUT2D eigenvalue weighted by Crippen LogP contribution is -2.20. The van der Waals surface area contributed by atoms with E-state index in [0.29, 0.717) is 27.6 Å². The van der Waals surface area contributed by atoms with Crippen LogP contribution >= 0.6 is 11.6 Å². The van der Waals surface area contributed by atoms with Crippen LogP contribution in [-0.4, -0.2) is 64.9 Å². The summed E-state index contributed by atoms with van der Waals surface area (Å²) in [5.74, 6) is 1.05. The monoisotopic (exact) mass is 518 g/mol. The molecule has 3 heterocycles. The van der Waals surface area contributed by atoms with Crippen LogP contribution in [0.15, 0.2) is 59.6 Å². The molecule has 4 aromatic rings.